The highest BCUT2D eigenvalue weighted by Gasteiger charge is 2.23. The average Bonchev–Trinajstić information content (AvgIpc) is 3.08. The largest absolute Gasteiger partial charge is 0.343 e. The number of imidazole rings is 1. The lowest BCUT2D eigenvalue weighted by molar-refractivity contribution is -0.132. The van der Waals surface area contributed by atoms with Crippen LogP contribution in [0, 0.1) is 12.8 Å². The Hall–Kier alpha value is -2.64. The number of nitrogens with one attached hydrogen (secondary N) is 2. The van der Waals surface area contributed by atoms with Crippen LogP contribution < -0.4 is 11.2 Å². The fourth-order valence-corrected chi connectivity index (χ4v) is 3.78. The number of piperidine rings is 1. The standard InChI is InChI=1S/C19H27N5O3/c1-3-16-20-8-11-24(16)12-14-6-9-23(10-7-14)17(25)5-4-15-13(2)21-19(27)22-18(15)26/h8,11,14H,3-7,9-10,12H2,1-2H3,(H2,21,22,26,27). The lowest BCUT2D eigenvalue weighted by Crippen LogP contribution is -2.39. The van der Waals surface area contributed by atoms with E-state index in [-0.39, 0.29) is 12.3 Å². The van der Waals surface area contributed by atoms with Gasteiger partial charge in [-0.1, -0.05) is 6.92 Å². The third-order valence-corrected chi connectivity index (χ3v) is 5.38. The van der Waals surface area contributed by atoms with Crippen molar-refractivity contribution in [2.24, 2.45) is 5.92 Å². The predicted molar refractivity (Wildman–Crippen MR) is 102 cm³/mol. The van der Waals surface area contributed by atoms with Crippen LogP contribution in [0.4, 0.5) is 0 Å². The molecule has 1 aliphatic heterocycles. The summed E-state index contributed by atoms with van der Waals surface area (Å²) in [5.41, 5.74) is 0.0842. The molecule has 0 unspecified atom stereocenters. The summed E-state index contributed by atoms with van der Waals surface area (Å²) in [5.74, 6) is 1.73. The first-order valence-electron chi connectivity index (χ1n) is 9.57. The van der Waals surface area contributed by atoms with E-state index in [1.807, 2.05) is 17.3 Å². The quantitative estimate of drug-likeness (QED) is 0.788. The molecule has 0 spiro atoms. The summed E-state index contributed by atoms with van der Waals surface area (Å²) >= 11 is 0. The van der Waals surface area contributed by atoms with Crippen LogP contribution in [0.15, 0.2) is 22.0 Å². The van der Waals surface area contributed by atoms with Gasteiger partial charge in [-0.05, 0) is 32.1 Å². The van der Waals surface area contributed by atoms with Crippen molar-refractivity contribution in [2.45, 2.75) is 52.5 Å². The normalized spacial score (nSPS) is 15.3. The van der Waals surface area contributed by atoms with Crippen molar-refractivity contribution in [2.75, 3.05) is 13.1 Å². The number of carbonyl (C=O) groups is 1. The fourth-order valence-electron chi connectivity index (χ4n) is 3.78. The number of aromatic amines is 2. The molecule has 8 nitrogen and oxygen atoms in total. The molecule has 1 amide bonds. The highest BCUT2D eigenvalue weighted by Crippen LogP contribution is 2.20. The number of carbonyl (C=O) groups excluding carboxylic acids is 1. The van der Waals surface area contributed by atoms with E-state index in [9.17, 15) is 14.4 Å². The summed E-state index contributed by atoms with van der Waals surface area (Å²) in [6.45, 7) is 6.25. The Morgan fingerprint density at radius 2 is 2.00 bits per heavy atom. The minimum atomic E-state index is -0.515. The van der Waals surface area contributed by atoms with Crippen molar-refractivity contribution in [3.63, 3.8) is 0 Å². The molecule has 1 saturated heterocycles. The van der Waals surface area contributed by atoms with Gasteiger partial charge in [0.25, 0.3) is 5.56 Å². The van der Waals surface area contributed by atoms with Crippen molar-refractivity contribution in [3.05, 3.63) is 50.3 Å². The topological polar surface area (TPSA) is 104 Å². The van der Waals surface area contributed by atoms with Gasteiger partial charge in [0.1, 0.15) is 5.82 Å². The zero-order valence-electron chi connectivity index (χ0n) is 16.0. The molecule has 3 rings (SSSR count). The molecule has 1 fully saturated rings. The van der Waals surface area contributed by atoms with E-state index in [1.165, 1.54) is 0 Å². The number of H-pyrrole nitrogens is 2. The van der Waals surface area contributed by atoms with E-state index in [4.69, 9.17) is 0 Å². The molecule has 0 radical (unpaired) electrons. The molecule has 146 valence electrons. The molecule has 0 atom stereocenters. The Balaban J connectivity index is 1.50. The van der Waals surface area contributed by atoms with E-state index in [0.29, 0.717) is 23.6 Å². The molecule has 27 heavy (non-hydrogen) atoms. The number of aryl methyl sites for hydroxylation is 2. The van der Waals surface area contributed by atoms with Gasteiger partial charge in [0.05, 0.1) is 0 Å². The maximum Gasteiger partial charge on any atom is 0.325 e. The summed E-state index contributed by atoms with van der Waals surface area (Å²) in [6.07, 6.45) is 7.37. The maximum atomic E-state index is 12.5. The second kappa shape index (κ2) is 8.37. The van der Waals surface area contributed by atoms with E-state index in [1.54, 1.807) is 6.92 Å². The minimum Gasteiger partial charge on any atom is -0.343 e. The van der Waals surface area contributed by atoms with Gasteiger partial charge >= 0.3 is 5.69 Å². The van der Waals surface area contributed by atoms with Crippen molar-refractivity contribution >= 4 is 5.91 Å². The van der Waals surface area contributed by atoms with Crippen molar-refractivity contribution in [3.8, 4) is 0 Å². The van der Waals surface area contributed by atoms with Crippen molar-refractivity contribution < 1.29 is 4.79 Å². The van der Waals surface area contributed by atoms with E-state index in [2.05, 4.69) is 26.4 Å². The predicted octanol–water partition coefficient (Wildman–Crippen LogP) is 1.00. The van der Waals surface area contributed by atoms with Gasteiger partial charge in [0.2, 0.25) is 5.91 Å². The summed E-state index contributed by atoms with van der Waals surface area (Å²) in [6, 6.07) is 0. The molecule has 0 bridgehead atoms. The molecule has 1 aliphatic rings. The molecular weight excluding hydrogens is 346 g/mol. The van der Waals surface area contributed by atoms with Crippen LogP contribution in [0.2, 0.25) is 0 Å². The zero-order valence-corrected chi connectivity index (χ0v) is 16.0. The Morgan fingerprint density at radius 1 is 1.26 bits per heavy atom. The molecule has 2 aromatic rings. The highest BCUT2D eigenvalue weighted by molar-refractivity contribution is 5.76. The molecule has 8 heteroatoms. The number of amides is 1. The SMILES string of the molecule is CCc1nccn1CC1CCN(C(=O)CCc2c(C)[nH]c(=O)[nH]c2=O)CC1. The third-order valence-electron chi connectivity index (χ3n) is 5.38. The summed E-state index contributed by atoms with van der Waals surface area (Å²) in [5, 5.41) is 0. The van der Waals surface area contributed by atoms with Gasteiger partial charge < -0.3 is 14.5 Å². The first-order chi connectivity index (χ1) is 13.0. The summed E-state index contributed by atoms with van der Waals surface area (Å²) in [7, 11) is 0. The summed E-state index contributed by atoms with van der Waals surface area (Å²) in [4.78, 5) is 46.7. The Kier molecular flexibility index (Phi) is 5.93. The lowest BCUT2D eigenvalue weighted by atomic mass is 9.96. The lowest BCUT2D eigenvalue weighted by Gasteiger charge is -2.32. The smallest absolute Gasteiger partial charge is 0.325 e. The van der Waals surface area contributed by atoms with Gasteiger partial charge in [-0.3, -0.25) is 14.6 Å². The number of aromatic nitrogens is 4. The van der Waals surface area contributed by atoms with E-state index >= 15 is 0 Å². The van der Waals surface area contributed by atoms with Crippen LogP contribution in [0.1, 0.15) is 43.3 Å². The molecule has 2 aromatic heterocycles. The zero-order chi connectivity index (χ0) is 19.4. The van der Waals surface area contributed by atoms with Crippen molar-refractivity contribution in [1.82, 2.24) is 24.4 Å². The van der Waals surface area contributed by atoms with E-state index in [0.717, 1.165) is 44.7 Å². The van der Waals surface area contributed by atoms with Crippen LogP contribution in [-0.2, 0) is 24.2 Å². The highest BCUT2D eigenvalue weighted by atomic mass is 16.2. The number of hydrogen-bond acceptors (Lipinski definition) is 4. The van der Waals surface area contributed by atoms with Gasteiger partial charge in [-0.25, -0.2) is 9.78 Å². The van der Waals surface area contributed by atoms with Gasteiger partial charge in [-0.15, -0.1) is 0 Å². The van der Waals surface area contributed by atoms with Crippen LogP contribution in [0.25, 0.3) is 0 Å². The van der Waals surface area contributed by atoms with Gasteiger partial charge in [0, 0.05) is 56.1 Å². The Morgan fingerprint density at radius 3 is 2.67 bits per heavy atom. The summed E-state index contributed by atoms with van der Waals surface area (Å²) < 4.78 is 2.22. The monoisotopic (exact) mass is 373 g/mol. The van der Waals surface area contributed by atoms with Gasteiger partial charge in [0.15, 0.2) is 0 Å². The average molecular weight is 373 g/mol. The van der Waals surface area contributed by atoms with E-state index < -0.39 is 11.2 Å². The third kappa shape index (κ3) is 4.56. The maximum absolute atomic E-state index is 12.5. The molecule has 0 aromatic carbocycles. The number of hydrogen-bond donors (Lipinski definition) is 2. The second-order valence-electron chi connectivity index (χ2n) is 7.19. The fraction of sp³-hybridized carbons (Fsp3) is 0.579. The number of rotatable bonds is 6. The Bertz CT molecular complexity index is 903. The second-order valence-corrected chi connectivity index (χ2v) is 7.19. The molecule has 2 N–H and O–H groups in total. The van der Waals surface area contributed by atoms with Crippen LogP contribution >= 0.6 is 0 Å². The molecule has 0 saturated carbocycles. The molecule has 3 heterocycles. The van der Waals surface area contributed by atoms with Crippen molar-refractivity contribution in [1.29, 1.82) is 0 Å². The molecular formula is C19H27N5O3. The first-order valence-corrected chi connectivity index (χ1v) is 9.57. The molecule has 0 aliphatic carbocycles. The van der Waals surface area contributed by atoms with Crippen LogP contribution in [0.5, 0.6) is 0 Å². The first kappa shape index (κ1) is 19.1. The minimum absolute atomic E-state index is 0.0651. The number of nitrogens with zero attached hydrogens (tertiary/aromatic N) is 3. The van der Waals surface area contributed by atoms with Crippen LogP contribution in [0.3, 0.4) is 0 Å². The number of likely N-dealkylation sites (tertiary alicyclic amines) is 1. The van der Waals surface area contributed by atoms with Gasteiger partial charge in [-0.2, -0.15) is 0 Å². The Labute approximate surface area is 157 Å². The van der Waals surface area contributed by atoms with Crippen LogP contribution in [-0.4, -0.2) is 43.4 Å².